The van der Waals surface area contributed by atoms with E-state index >= 15 is 0 Å². The van der Waals surface area contributed by atoms with Crippen LogP contribution in [0.2, 0.25) is 5.02 Å². The van der Waals surface area contributed by atoms with E-state index in [1.165, 1.54) is 31.4 Å². The van der Waals surface area contributed by atoms with Crippen molar-refractivity contribution in [3.05, 3.63) is 88.4 Å². The molecular formula is C24H19ClF2N2O3. The normalized spacial score (nSPS) is 16.9. The second-order valence-corrected chi connectivity index (χ2v) is 7.89. The zero-order valence-corrected chi connectivity index (χ0v) is 17.7. The summed E-state index contributed by atoms with van der Waals surface area (Å²) in [5.74, 6) is -2.19. The van der Waals surface area contributed by atoms with Crippen LogP contribution >= 0.6 is 11.6 Å². The SMILES string of the molecule is COc1ccc(NC(=O)C2CC2c2ccccc2F)cc1NC(=O)c1ccc(Cl)cc1F. The fourth-order valence-corrected chi connectivity index (χ4v) is 3.74. The van der Waals surface area contributed by atoms with E-state index in [0.29, 0.717) is 23.4 Å². The van der Waals surface area contributed by atoms with E-state index in [-0.39, 0.29) is 39.8 Å². The van der Waals surface area contributed by atoms with Crippen molar-refractivity contribution in [3.63, 3.8) is 0 Å². The van der Waals surface area contributed by atoms with Gasteiger partial charge >= 0.3 is 0 Å². The first-order valence-electron chi connectivity index (χ1n) is 9.87. The molecule has 2 N–H and O–H groups in total. The van der Waals surface area contributed by atoms with Gasteiger partial charge in [0.1, 0.15) is 17.4 Å². The summed E-state index contributed by atoms with van der Waals surface area (Å²) in [4.78, 5) is 25.2. The maximum Gasteiger partial charge on any atom is 0.258 e. The van der Waals surface area contributed by atoms with E-state index in [1.807, 2.05) is 0 Å². The predicted molar refractivity (Wildman–Crippen MR) is 118 cm³/mol. The summed E-state index contributed by atoms with van der Waals surface area (Å²) in [5, 5.41) is 5.55. The Balaban J connectivity index is 1.48. The van der Waals surface area contributed by atoms with Gasteiger partial charge in [0, 0.05) is 16.6 Å². The van der Waals surface area contributed by atoms with Crippen molar-refractivity contribution < 1.29 is 23.1 Å². The van der Waals surface area contributed by atoms with Crippen molar-refractivity contribution in [2.24, 2.45) is 5.92 Å². The number of anilines is 2. The van der Waals surface area contributed by atoms with Gasteiger partial charge in [-0.05, 0) is 60.4 Å². The van der Waals surface area contributed by atoms with Gasteiger partial charge in [0.05, 0.1) is 18.4 Å². The van der Waals surface area contributed by atoms with E-state index in [0.717, 1.165) is 6.07 Å². The standard InChI is InChI=1S/C24H19ClF2N2O3/c1-32-22-9-7-14(11-21(22)29-23(30)16-8-6-13(25)10-20(16)27)28-24(31)18-12-17(18)15-4-2-3-5-19(15)26/h2-11,17-18H,12H2,1H3,(H,28,31)(H,29,30). The minimum Gasteiger partial charge on any atom is -0.495 e. The third-order valence-corrected chi connectivity index (χ3v) is 5.56. The van der Waals surface area contributed by atoms with Gasteiger partial charge in [-0.2, -0.15) is 0 Å². The Hall–Kier alpha value is -3.45. The molecule has 0 aliphatic heterocycles. The van der Waals surface area contributed by atoms with Gasteiger partial charge in [0.15, 0.2) is 0 Å². The smallest absolute Gasteiger partial charge is 0.258 e. The largest absolute Gasteiger partial charge is 0.495 e. The zero-order valence-electron chi connectivity index (χ0n) is 17.0. The van der Waals surface area contributed by atoms with Crippen LogP contribution in [0.3, 0.4) is 0 Å². The first kappa shape index (κ1) is 21.8. The monoisotopic (exact) mass is 456 g/mol. The number of rotatable bonds is 6. The zero-order chi connectivity index (χ0) is 22.8. The molecule has 0 spiro atoms. The van der Waals surface area contributed by atoms with Crippen LogP contribution < -0.4 is 15.4 Å². The lowest BCUT2D eigenvalue weighted by atomic mass is 10.1. The molecule has 3 aromatic carbocycles. The Morgan fingerprint density at radius 3 is 2.50 bits per heavy atom. The number of hydrogen-bond donors (Lipinski definition) is 2. The molecule has 32 heavy (non-hydrogen) atoms. The summed E-state index contributed by atoms with van der Waals surface area (Å²) in [6.45, 7) is 0. The lowest BCUT2D eigenvalue weighted by Crippen LogP contribution is -2.17. The van der Waals surface area contributed by atoms with Crippen LogP contribution in [0.15, 0.2) is 60.7 Å². The van der Waals surface area contributed by atoms with Crippen molar-refractivity contribution in [2.45, 2.75) is 12.3 Å². The summed E-state index contributed by atoms with van der Waals surface area (Å²) in [7, 11) is 1.43. The molecule has 2 atom stereocenters. The van der Waals surface area contributed by atoms with Crippen molar-refractivity contribution in [2.75, 3.05) is 17.7 Å². The van der Waals surface area contributed by atoms with Crippen molar-refractivity contribution >= 4 is 34.8 Å². The Labute approximate surface area is 188 Å². The van der Waals surface area contributed by atoms with Gasteiger partial charge in [-0.3, -0.25) is 9.59 Å². The van der Waals surface area contributed by atoms with Crippen molar-refractivity contribution in [1.29, 1.82) is 0 Å². The summed E-state index contributed by atoms with van der Waals surface area (Å²) >= 11 is 5.73. The summed E-state index contributed by atoms with van der Waals surface area (Å²) in [6.07, 6.45) is 0.558. The highest BCUT2D eigenvalue weighted by atomic mass is 35.5. The number of benzene rings is 3. The average molecular weight is 457 g/mol. The molecule has 2 amide bonds. The Morgan fingerprint density at radius 1 is 1.00 bits per heavy atom. The fraction of sp³-hybridized carbons (Fsp3) is 0.167. The van der Waals surface area contributed by atoms with Gasteiger partial charge in [0.25, 0.3) is 5.91 Å². The first-order valence-corrected chi connectivity index (χ1v) is 10.2. The van der Waals surface area contributed by atoms with E-state index < -0.39 is 11.7 Å². The van der Waals surface area contributed by atoms with Crippen LogP contribution in [0.25, 0.3) is 0 Å². The number of ether oxygens (including phenoxy) is 1. The van der Waals surface area contributed by atoms with Gasteiger partial charge < -0.3 is 15.4 Å². The number of halogens is 3. The molecule has 3 aromatic rings. The van der Waals surface area contributed by atoms with E-state index in [1.54, 1.807) is 30.3 Å². The molecule has 8 heteroatoms. The van der Waals surface area contributed by atoms with Crippen LogP contribution in [0.1, 0.15) is 28.3 Å². The van der Waals surface area contributed by atoms with E-state index in [2.05, 4.69) is 10.6 Å². The molecule has 164 valence electrons. The molecule has 1 fully saturated rings. The second kappa shape index (κ2) is 8.96. The molecular weight excluding hydrogens is 438 g/mol. The number of carbonyl (C=O) groups is 2. The number of nitrogens with one attached hydrogen (secondary N) is 2. The molecule has 0 heterocycles. The molecule has 0 aromatic heterocycles. The van der Waals surface area contributed by atoms with Crippen LogP contribution in [0.5, 0.6) is 5.75 Å². The maximum atomic E-state index is 14.1. The summed E-state index contributed by atoms with van der Waals surface area (Å²) in [6, 6.07) is 14.9. The molecule has 2 unspecified atom stereocenters. The van der Waals surface area contributed by atoms with Gasteiger partial charge in [-0.15, -0.1) is 0 Å². The molecule has 1 aliphatic rings. The molecule has 5 nitrogen and oxygen atoms in total. The predicted octanol–water partition coefficient (Wildman–Crippen LogP) is 5.62. The number of methoxy groups -OCH3 is 1. The van der Waals surface area contributed by atoms with E-state index in [4.69, 9.17) is 16.3 Å². The Kier molecular flexibility index (Phi) is 6.10. The van der Waals surface area contributed by atoms with Crippen LogP contribution in [-0.4, -0.2) is 18.9 Å². The molecule has 1 aliphatic carbocycles. The molecule has 0 bridgehead atoms. The minimum atomic E-state index is -0.758. The Morgan fingerprint density at radius 2 is 1.78 bits per heavy atom. The molecule has 0 radical (unpaired) electrons. The van der Waals surface area contributed by atoms with Crippen LogP contribution in [-0.2, 0) is 4.79 Å². The van der Waals surface area contributed by atoms with E-state index in [9.17, 15) is 18.4 Å². The molecule has 4 rings (SSSR count). The topological polar surface area (TPSA) is 67.4 Å². The number of amides is 2. The summed E-state index contributed by atoms with van der Waals surface area (Å²) in [5.41, 5.74) is 1.02. The molecule has 1 saturated carbocycles. The average Bonchev–Trinajstić information content (AvgIpc) is 3.55. The fourth-order valence-electron chi connectivity index (χ4n) is 3.59. The Bertz CT molecular complexity index is 1200. The third-order valence-electron chi connectivity index (χ3n) is 5.32. The van der Waals surface area contributed by atoms with Crippen LogP contribution in [0, 0.1) is 17.6 Å². The highest BCUT2D eigenvalue weighted by Gasteiger charge is 2.45. The lowest BCUT2D eigenvalue weighted by molar-refractivity contribution is -0.117. The maximum absolute atomic E-state index is 14.1. The highest BCUT2D eigenvalue weighted by molar-refractivity contribution is 6.30. The quantitative estimate of drug-likeness (QED) is 0.505. The summed E-state index contributed by atoms with van der Waals surface area (Å²) < 4.78 is 33.3. The third kappa shape index (κ3) is 4.57. The second-order valence-electron chi connectivity index (χ2n) is 7.45. The van der Waals surface area contributed by atoms with Gasteiger partial charge in [-0.25, -0.2) is 8.78 Å². The molecule has 0 saturated heterocycles. The number of carbonyl (C=O) groups excluding carboxylic acids is 2. The highest BCUT2D eigenvalue weighted by Crippen LogP contribution is 2.48. The van der Waals surface area contributed by atoms with Crippen molar-refractivity contribution in [1.82, 2.24) is 0 Å². The van der Waals surface area contributed by atoms with Crippen LogP contribution in [0.4, 0.5) is 20.2 Å². The van der Waals surface area contributed by atoms with Gasteiger partial charge in [0.2, 0.25) is 5.91 Å². The minimum absolute atomic E-state index is 0.165. The number of hydrogen-bond acceptors (Lipinski definition) is 3. The first-order chi connectivity index (χ1) is 15.4. The van der Waals surface area contributed by atoms with Gasteiger partial charge in [-0.1, -0.05) is 29.8 Å². The van der Waals surface area contributed by atoms with Crippen molar-refractivity contribution in [3.8, 4) is 5.75 Å². The lowest BCUT2D eigenvalue weighted by Gasteiger charge is -2.13.